The summed E-state index contributed by atoms with van der Waals surface area (Å²) in [6.45, 7) is 2.00. The van der Waals surface area contributed by atoms with Crippen molar-refractivity contribution in [2.75, 3.05) is 23.3 Å². The number of amides is 1. The summed E-state index contributed by atoms with van der Waals surface area (Å²) in [7, 11) is 0. The zero-order chi connectivity index (χ0) is 18.5. The van der Waals surface area contributed by atoms with Crippen LogP contribution in [0.5, 0.6) is 11.5 Å². The van der Waals surface area contributed by atoms with Gasteiger partial charge in [-0.1, -0.05) is 18.2 Å². The summed E-state index contributed by atoms with van der Waals surface area (Å²) < 4.78 is 5.77. The fourth-order valence-electron chi connectivity index (χ4n) is 3.11. The molecule has 0 aliphatic carbocycles. The van der Waals surface area contributed by atoms with Crippen molar-refractivity contribution < 1.29 is 9.53 Å². The topological polar surface area (TPSA) is 54.5 Å². The first kappa shape index (κ1) is 17.1. The third-order valence-corrected chi connectivity index (χ3v) is 4.53. The molecule has 2 aromatic carbocycles. The van der Waals surface area contributed by atoms with Crippen LogP contribution in [-0.2, 0) is 0 Å². The minimum Gasteiger partial charge on any atom is -0.457 e. The van der Waals surface area contributed by atoms with Gasteiger partial charge >= 0.3 is 0 Å². The zero-order valence-corrected chi connectivity index (χ0v) is 15.0. The molecule has 27 heavy (non-hydrogen) atoms. The Balaban J connectivity index is 1.41. The van der Waals surface area contributed by atoms with Gasteiger partial charge in [-0.2, -0.15) is 0 Å². The molecule has 1 saturated heterocycles. The summed E-state index contributed by atoms with van der Waals surface area (Å²) in [5, 5.41) is 2.93. The van der Waals surface area contributed by atoms with Crippen LogP contribution in [0.3, 0.4) is 0 Å². The Hall–Kier alpha value is -3.34. The standard InChI is InChI=1S/C22H21N3O2/c26-22(17-12-13-23-21(16-17)25-14-4-5-15-25)24-18-8-10-20(11-9-18)27-19-6-2-1-3-7-19/h1-3,6-13,16H,4-5,14-15H2,(H,24,26). The smallest absolute Gasteiger partial charge is 0.255 e. The number of ether oxygens (including phenoxy) is 1. The predicted molar refractivity (Wildman–Crippen MR) is 107 cm³/mol. The van der Waals surface area contributed by atoms with Gasteiger partial charge in [-0.25, -0.2) is 4.98 Å². The van der Waals surface area contributed by atoms with Crippen LogP contribution in [0.4, 0.5) is 11.5 Å². The molecule has 0 unspecified atom stereocenters. The summed E-state index contributed by atoms with van der Waals surface area (Å²) in [6.07, 6.45) is 4.05. The molecule has 5 heteroatoms. The number of nitrogens with one attached hydrogen (secondary N) is 1. The van der Waals surface area contributed by atoms with Gasteiger partial charge in [-0.05, 0) is 61.4 Å². The van der Waals surface area contributed by atoms with Gasteiger partial charge in [0, 0.05) is 30.5 Å². The molecule has 136 valence electrons. The number of benzene rings is 2. The van der Waals surface area contributed by atoms with E-state index in [-0.39, 0.29) is 5.91 Å². The lowest BCUT2D eigenvalue weighted by Crippen LogP contribution is -2.20. The van der Waals surface area contributed by atoms with E-state index in [1.807, 2.05) is 60.7 Å². The Kier molecular flexibility index (Phi) is 5.01. The molecule has 1 amide bonds. The second kappa shape index (κ2) is 7.91. The molecule has 0 radical (unpaired) electrons. The molecule has 1 aliphatic rings. The Bertz CT molecular complexity index is 904. The molecule has 1 N–H and O–H groups in total. The normalized spacial score (nSPS) is 13.4. The SMILES string of the molecule is O=C(Nc1ccc(Oc2ccccc2)cc1)c1ccnc(N2CCCC2)c1. The van der Waals surface area contributed by atoms with Crippen molar-refractivity contribution in [3.63, 3.8) is 0 Å². The van der Waals surface area contributed by atoms with Crippen LogP contribution in [0.2, 0.25) is 0 Å². The van der Waals surface area contributed by atoms with E-state index in [1.54, 1.807) is 12.3 Å². The number of nitrogens with zero attached hydrogens (tertiary/aromatic N) is 2. The highest BCUT2D eigenvalue weighted by Crippen LogP contribution is 2.23. The van der Waals surface area contributed by atoms with Crippen molar-refractivity contribution >= 4 is 17.4 Å². The number of rotatable bonds is 5. The Morgan fingerprint density at radius 1 is 0.926 bits per heavy atom. The number of carbonyl (C=O) groups excluding carboxylic acids is 1. The van der Waals surface area contributed by atoms with Crippen molar-refractivity contribution in [2.24, 2.45) is 0 Å². The summed E-state index contributed by atoms with van der Waals surface area (Å²) in [6, 6.07) is 20.5. The average molecular weight is 359 g/mol. The van der Waals surface area contributed by atoms with E-state index in [1.165, 1.54) is 12.8 Å². The summed E-state index contributed by atoms with van der Waals surface area (Å²) in [5.74, 6) is 2.22. The van der Waals surface area contributed by atoms with E-state index in [2.05, 4.69) is 15.2 Å². The molecule has 0 atom stereocenters. The van der Waals surface area contributed by atoms with Crippen LogP contribution in [0, 0.1) is 0 Å². The maximum Gasteiger partial charge on any atom is 0.255 e. The van der Waals surface area contributed by atoms with E-state index < -0.39 is 0 Å². The van der Waals surface area contributed by atoms with Crippen LogP contribution >= 0.6 is 0 Å². The maximum atomic E-state index is 12.6. The van der Waals surface area contributed by atoms with Crippen LogP contribution in [0.25, 0.3) is 0 Å². The van der Waals surface area contributed by atoms with Gasteiger partial charge < -0.3 is 15.0 Å². The number of hydrogen-bond donors (Lipinski definition) is 1. The number of pyridine rings is 1. The first-order chi connectivity index (χ1) is 13.3. The highest BCUT2D eigenvalue weighted by Gasteiger charge is 2.15. The fraction of sp³-hybridized carbons (Fsp3) is 0.182. The summed E-state index contributed by atoms with van der Waals surface area (Å²) in [4.78, 5) is 19.2. The van der Waals surface area contributed by atoms with Gasteiger partial charge in [-0.3, -0.25) is 4.79 Å². The lowest BCUT2D eigenvalue weighted by molar-refractivity contribution is 0.102. The molecule has 1 aromatic heterocycles. The van der Waals surface area contributed by atoms with Crippen molar-refractivity contribution in [1.29, 1.82) is 0 Å². The fourth-order valence-corrected chi connectivity index (χ4v) is 3.11. The van der Waals surface area contributed by atoms with Gasteiger partial charge in [0.25, 0.3) is 5.91 Å². The van der Waals surface area contributed by atoms with Crippen LogP contribution < -0.4 is 15.0 Å². The lowest BCUT2D eigenvalue weighted by Gasteiger charge is -2.16. The Labute approximate surface area is 158 Å². The minimum atomic E-state index is -0.144. The predicted octanol–water partition coefficient (Wildman–Crippen LogP) is 4.73. The highest BCUT2D eigenvalue weighted by molar-refractivity contribution is 6.04. The Morgan fingerprint density at radius 2 is 1.63 bits per heavy atom. The van der Waals surface area contributed by atoms with Crippen LogP contribution in [0.15, 0.2) is 72.9 Å². The van der Waals surface area contributed by atoms with Crippen LogP contribution in [0.1, 0.15) is 23.2 Å². The molecule has 0 bridgehead atoms. The van der Waals surface area contributed by atoms with E-state index in [0.29, 0.717) is 5.56 Å². The quantitative estimate of drug-likeness (QED) is 0.716. The molecular weight excluding hydrogens is 338 g/mol. The van der Waals surface area contributed by atoms with Crippen molar-refractivity contribution in [3.05, 3.63) is 78.5 Å². The molecule has 2 heterocycles. The molecule has 0 spiro atoms. The first-order valence-electron chi connectivity index (χ1n) is 9.13. The zero-order valence-electron chi connectivity index (χ0n) is 15.0. The molecule has 1 aliphatic heterocycles. The molecule has 3 aromatic rings. The van der Waals surface area contributed by atoms with Gasteiger partial charge in [0.05, 0.1) is 0 Å². The van der Waals surface area contributed by atoms with E-state index >= 15 is 0 Å². The molecule has 0 saturated carbocycles. The maximum absolute atomic E-state index is 12.6. The molecule has 1 fully saturated rings. The minimum absolute atomic E-state index is 0.144. The summed E-state index contributed by atoms with van der Waals surface area (Å²) >= 11 is 0. The second-order valence-electron chi connectivity index (χ2n) is 6.49. The van der Waals surface area contributed by atoms with E-state index in [4.69, 9.17) is 4.74 Å². The number of anilines is 2. The van der Waals surface area contributed by atoms with Gasteiger partial charge in [-0.15, -0.1) is 0 Å². The number of carbonyl (C=O) groups is 1. The van der Waals surface area contributed by atoms with Gasteiger partial charge in [0.1, 0.15) is 17.3 Å². The second-order valence-corrected chi connectivity index (χ2v) is 6.49. The highest BCUT2D eigenvalue weighted by atomic mass is 16.5. The summed E-state index contributed by atoms with van der Waals surface area (Å²) in [5.41, 5.74) is 1.33. The third-order valence-electron chi connectivity index (χ3n) is 4.53. The van der Waals surface area contributed by atoms with E-state index in [0.717, 1.165) is 36.1 Å². The number of para-hydroxylation sites is 1. The van der Waals surface area contributed by atoms with Crippen molar-refractivity contribution in [1.82, 2.24) is 4.98 Å². The largest absolute Gasteiger partial charge is 0.457 e. The van der Waals surface area contributed by atoms with Crippen molar-refractivity contribution in [3.8, 4) is 11.5 Å². The number of hydrogen-bond acceptors (Lipinski definition) is 4. The average Bonchev–Trinajstić information content (AvgIpc) is 3.25. The third kappa shape index (κ3) is 4.26. The number of aromatic nitrogens is 1. The monoisotopic (exact) mass is 359 g/mol. The van der Waals surface area contributed by atoms with Gasteiger partial charge in [0.2, 0.25) is 0 Å². The molecule has 4 rings (SSSR count). The van der Waals surface area contributed by atoms with Gasteiger partial charge in [0.15, 0.2) is 0 Å². The van der Waals surface area contributed by atoms with Crippen LogP contribution in [-0.4, -0.2) is 24.0 Å². The molecule has 5 nitrogen and oxygen atoms in total. The first-order valence-corrected chi connectivity index (χ1v) is 9.13. The lowest BCUT2D eigenvalue weighted by atomic mass is 10.2. The van der Waals surface area contributed by atoms with E-state index in [9.17, 15) is 4.79 Å². The molecular formula is C22H21N3O2. The Morgan fingerprint density at radius 3 is 2.37 bits per heavy atom. The van der Waals surface area contributed by atoms with Crippen molar-refractivity contribution in [2.45, 2.75) is 12.8 Å².